The zero-order valence-electron chi connectivity index (χ0n) is 12.3. The third kappa shape index (κ3) is 6.42. The number of nitrogens with zero attached hydrogens (tertiary/aromatic N) is 1. The first-order valence-electron chi connectivity index (χ1n) is 7.47. The summed E-state index contributed by atoms with van der Waals surface area (Å²) in [5.74, 6) is 1.80. The van der Waals surface area contributed by atoms with Crippen molar-refractivity contribution in [2.75, 3.05) is 27.2 Å². The predicted octanol–water partition coefficient (Wildman–Crippen LogP) is 3.13. The normalized spacial score (nSPS) is 25.8. The van der Waals surface area contributed by atoms with Crippen LogP contribution in [-0.4, -0.2) is 38.1 Å². The van der Waals surface area contributed by atoms with Crippen LogP contribution in [0.1, 0.15) is 52.4 Å². The number of rotatable bonds is 7. The molecule has 0 aromatic heterocycles. The summed E-state index contributed by atoms with van der Waals surface area (Å²) < 4.78 is 0. The largest absolute Gasteiger partial charge is 0.317 e. The van der Waals surface area contributed by atoms with Crippen LogP contribution in [-0.2, 0) is 0 Å². The zero-order valence-corrected chi connectivity index (χ0v) is 12.3. The van der Waals surface area contributed by atoms with Crippen LogP contribution in [0.25, 0.3) is 0 Å². The number of hydrogen-bond donors (Lipinski definition) is 1. The maximum absolute atomic E-state index is 3.41. The Labute approximate surface area is 108 Å². The molecule has 17 heavy (non-hydrogen) atoms. The fourth-order valence-corrected chi connectivity index (χ4v) is 2.94. The minimum absolute atomic E-state index is 0.789. The van der Waals surface area contributed by atoms with Crippen molar-refractivity contribution in [1.82, 2.24) is 10.2 Å². The SMILES string of the molecule is CNC1CCC(CN(C)CCCC(C)C)CC1. The van der Waals surface area contributed by atoms with Gasteiger partial charge in [0.15, 0.2) is 0 Å². The molecule has 0 bridgehead atoms. The highest BCUT2D eigenvalue weighted by molar-refractivity contribution is 4.77. The molecule has 1 saturated carbocycles. The summed E-state index contributed by atoms with van der Waals surface area (Å²) in [5.41, 5.74) is 0. The van der Waals surface area contributed by atoms with Gasteiger partial charge in [0.2, 0.25) is 0 Å². The summed E-state index contributed by atoms with van der Waals surface area (Å²) in [5, 5.41) is 3.41. The molecular formula is C15H32N2. The van der Waals surface area contributed by atoms with Crippen molar-refractivity contribution in [3.05, 3.63) is 0 Å². The maximum atomic E-state index is 3.41. The van der Waals surface area contributed by atoms with E-state index in [1.165, 1.54) is 51.6 Å². The average molecular weight is 240 g/mol. The first-order valence-corrected chi connectivity index (χ1v) is 7.47. The zero-order chi connectivity index (χ0) is 12.7. The van der Waals surface area contributed by atoms with E-state index in [0.717, 1.165) is 17.9 Å². The van der Waals surface area contributed by atoms with Gasteiger partial charge < -0.3 is 10.2 Å². The Balaban J connectivity index is 2.08. The van der Waals surface area contributed by atoms with E-state index in [0.29, 0.717) is 0 Å². The van der Waals surface area contributed by atoms with Crippen LogP contribution < -0.4 is 5.32 Å². The highest BCUT2D eigenvalue weighted by Crippen LogP contribution is 2.24. The molecule has 0 unspecified atom stereocenters. The molecule has 0 aliphatic heterocycles. The highest BCUT2D eigenvalue weighted by atomic mass is 15.1. The lowest BCUT2D eigenvalue weighted by atomic mass is 9.86. The molecule has 1 N–H and O–H groups in total. The van der Waals surface area contributed by atoms with Gasteiger partial charge in [-0.05, 0) is 71.0 Å². The van der Waals surface area contributed by atoms with Gasteiger partial charge in [-0.15, -0.1) is 0 Å². The Kier molecular flexibility index (Phi) is 7.14. The van der Waals surface area contributed by atoms with E-state index >= 15 is 0 Å². The molecule has 0 heterocycles. The van der Waals surface area contributed by atoms with Crippen molar-refractivity contribution < 1.29 is 0 Å². The second-order valence-electron chi connectivity index (χ2n) is 6.30. The summed E-state index contributed by atoms with van der Waals surface area (Å²) in [6.45, 7) is 7.23. The molecule has 0 saturated heterocycles. The molecular weight excluding hydrogens is 208 g/mol. The summed E-state index contributed by atoms with van der Waals surface area (Å²) in [7, 11) is 4.40. The van der Waals surface area contributed by atoms with Crippen molar-refractivity contribution >= 4 is 0 Å². The van der Waals surface area contributed by atoms with E-state index in [1.54, 1.807) is 0 Å². The van der Waals surface area contributed by atoms with E-state index in [1.807, 2.05) is 0 Å². The standard InChI is InChI=1S/C15H32N2/c1-13(2)6-5-11-17(4)12-14-7-9-15(16-3)10-8-14/h13-16H,5-12H2,1-4H3. The number of hydrogen-bond acceptors (Lipinski definition) is 2. The van der Waals surface area contributed by atoms with Gasteiger partial charge in [0.25, 0.3) is 0 Å². The van der Waals surface area contributed by atoms with Gasteiger partial charge in [0.05, 0.1) is 0 Å². The van der Waals surface area contributed by atoms with Crippen LogP contribution in [0.2, 0.25) is 0 Å². The first kappa shape index (κ1) is 15.0. The van der Waals surface area contributed by atoms with Gasteiger partial charge in [-0.2, -0.15) is 0 Å². The molecule has 1 fully saturated rings. The van der Waals surface area contributed by atoms with Gasteiger partial charge in [0.1, 0.15) is 0 Å². The minimum atomic E-state index is 0.789. The molecule has 0 aromatic rings. The molecule has 0 radical (unpaired) electrons. The number of nitrogens with one attached hydrogen (secondary N) is 1. The van der Waals surface area contributed by atoms with Crippen LogP contribution >= 0.6 is 0 Å². The summed E-state index contributed by atoms with van der Waals surface area (Å²) >= 11 is 0. The molecule has 1 aliphatic rings. The second-order valence-corrected chi connectivity index (χ2v) is 6.30. The molecule has 0 aromatic carbocycles. The van der Waals surface area contributed by atoms with Crippen molar-refractivity contribution in [2.45, 2.75) is 58.4 Å². The lowest BCUT2D eigenvalue weighted by molar-refractivity contribution is 0.212. The third-order valence-electron chi connectivity index (χ3n) is 4.15. The minimum Gasteiger partial charge on any atom is -0.317 e. The molecule has 2 heteroatoms. The van der Waals surface area contributed by atoms with Crippen molar-refractivity contribution in [2.24, 2.45) is 11.8 Å². The smallest absolute Gasteiger partial charge is 0.00642 e. The van der Waals surface area contributed by atoms with Crippen LogP contribution in [0.15, 0.2) is 0 Å². The van der Waals surface area contributed by atoms with Gasteiger partial charge in [-0.3, -0.25) is 0 Å². The van der Waals surface area contributed by atoms with E-state index in [-0.39, 0.29) is 0 Å². The van der Waals surface area contributed by atoms with E-state index in [2.05, 4.69) is 38.2 Å². The Morgan fingerprint density at radius 1 is 1.18 bits per heavy atom. The van der Waals surface area contributed by atoms with Gasteiger partial charge in [0, 0.05) is 12.6 Å². The van der Waals surface area contributed by atoms with Crippen LogP contribution in [0.4, 0.5) is 0 Å². The van der Waals surface area contributed by atoms with Crippen molar-refractivity contribution in [3.8, 4) is 0 Å². The topological polar surface area (TPSA) is 15.3 Å². The molecule has 0 atom stereocenters. The molecule has 0 amide bonds. The first-order chi connectivity index (χ1) is 8.11. The van der Waals surface area contributed by atoms with Crippen molar-refractivity contribution in [1.29, 1.82) is 0 Å². The van der Waals surface area contributed by atoms with Crippen LogP contribution in [0.5, 0.6) is 0 Å². The maximum Gasteiger partial charge on any atom is 0.00642 e. The fourth-order valence-electron chi connectivity index (χ4n) is 2.94. The average Bonchev–Trinajstić information content (AvgIpc) is 2.29. The van der Waals surface area contributed by atoms with E-state index in [9.17, 15) is 0 Å². The third-order valence-corrected chi connectivity index (χ3v) is 4.15. The Morgan fingerprint density at radius 3 is 2.35 bits per heavy atom. The molecule has 1 rings (SSSR count). The van der Waals surface area contributed by atoms with E-state index in [4.69, 9.17) is 0 Å². The van der Waals surface area contributed by atoms with Gasteiger partial charge in [-0.1, -0.05) is 13.8 Å². The van der Waals surface area contributed by atoms with Gasteiger partial charge in [-0.25, -0.2) is 0 Å². The summed E-state index contributed by atoms with van der Waals surface area (Å²) in [6, 6.07) is 0.789. The highest BCUT2D eigenvalue weighted by Gasteiger charge is 2.20. The molecule has 102 valence electrons. The van der Waals surface area contributed by atoms with E-state index < -0.39 is 0 Å². The summed E-state index contributed by atoms with van der Waals surface area (Å²) in [6.07, 6.45) is 8.32. The van der Waals surface area contributed by atoms with Crippen LogP contribution in [0, 0.1) is 11.8 Å². The Morgan fingerprint density at radius 2 is 1.82 bits per heavy atom. The quantitative estimate of drug-likeness (QED) is 0.735. The van der Waals surface area contributed by atoms with Crippen LogP contribution in [0.3, 0.4) is 0 Å². The Bertz CT molecular complexity index is 183. The lowest BCUT2D eigenvalue weighted by Crippen LogP contribution is -2.34. The molecule has 2 nitrogen and oxygen atoms in total. The molecule has 1 aliphatic carbocycles. The van der Waals surface area contributed by atoms with Gasteiger partial charge >= 0.3 is 0 Å². The lowest BCUT2D eigenvalue weighted by Gasteiger charge is -2.31. The Hall–Kier alpha value is -0.0800. The summed E-state index contributed by atoms with van der Waals surface area (Å²) in [4.78, 5) is 2.55. The monoisotopic (exact) mass is 240 g/mol. The fraction of sp³-hybridized carbons (Fsp3) is 1.00. The second kappa shape index (κ2) is 8.10. The predicted molar refractivity (Wildman–Crippen MR) is 76.4 cm³/mol. The van der Waals surface area contributed by atoms with Crippen molar-refractivity contribution in [3.63, 3.8) is 0 Å². The molecule has 0 spiro atoms.